The van der Waals surface area contributed by atoms with Crippen molar-refractivity contribution >= 4 is 23.7 Å². The Labute approximate surface area is 81.5 Å². The third-order valence-corrected chi connectivity index (χ3v) is 2.36. The first-order valence-electron chi connectivity index (χ1n) is 4.04. The molecular weight excluding hydrogens is 190 g/mol. The van der Waals surface area contributed by atoms with Gasteiger partial charge in [-0.15, -0.1) is 0 Å². The van der Waals surface area contributed by atoms with Gasteiger partial charge in [-0.05, 0) is 20.8 Å². The van der Waals surface area contributed by atoms with Gasteiger partial charge in [-0.3, -0.25) is 14.3 Å². The standard InChI is InChI=1S/C8H13NO3S/c1-8(2,3)12-7(11)6-5(10)4-9-13-6/h6,9H,4H2,1-3H3. The molecule has 0 aromatic heterocycles. The summed E-state index contributed by atoms with van der Waals surface area (Å²) in [4.78, 5) is 22.5. The molecule has 1 unspecified atom stereocenters. The Balaban J connectivity index is 2.53. The third kappa shape index (κ3) is 3.00. The average molecular weight is 203 g/mol. The average Bonchev–Trinajstić information content (AvgIpc) is 2.30. The van der Waals surface area contributed by atoms with E-state index in [2.05, 4.69) is 4.72 Å². The van der Waals surface area contributed by atoms with Crippen molar-refractivity contribution in [2.45, 2.75) is 31.6 Å². The summed E-state index contributed by atoms with van der Waals surface area (Å²) in [6, 6.07) is 0. The van der Waals surface area contributed by atoms with E-state index in [0.29, 0.717) is 0 Å². The van der Waals surface area contributed by atoms with Crippen LogP contribution in [0.1, 0.15) is 20.8 Å². The predicted molar refractivity (Wildman–Crippen MR) is 50.2 cm³/mol. The number of hydrogen-bond acceptors (Lipinski definition) is 5. The lowest BCUT2D eigenvalue weighted by Gasteiger charge is -2.20. The number of nitrogens with one attached hydrogen (secondary N) is 1. The topological polar surface area (TPSA) is 55.4 Å². The van der Waals surface area contributed by atoms with E-state index in [-0.39, 0.29) is 12.3 Å². The normalized spacial score (nSPS) is 23.3. The minimum atomic E-state index is -0.681. The zero-order chi connectivity index (χ0) is 10.1. The molecule has 0 aliphatic carbocycles. The number of hydrogen-bond donors (Lipinski definition) is 1. The van der Waals surface area contributed by atoms with Crippen molar-refractivity contribution in [1.29, 1.82) is 0 Å². The molecule has 0 spiro atoms. The van der Waals surface area contributed by atoms with Gasteiger partial charge in [0, 0.05) is 0 Å². The minimum absolute atomic E-state index is 0.112. The van der Waals surface area contributed by atoms with Crippen LogP contribution in [0.3, 0.4) is 0 Å². The molecule has 4 nitrogen and oxygen atoms in total. The zero-order valence-corrected chi connectivity index (χ0v) is 8.73. The quantitative estimate of drug-likeness (QED) is 0.382. The Morgan fingerprint density at radius 1 is 1.62 bits per heavy atom. The highest BCUT2D eigenvalue weighted by atomic mass is 32.2. The maximum atomic E-state index is 11.4. The van der Waals surface area contributed by atoms with Crippen molar-refractivity contribution in [2.75, 3.05) is 6.54 Å². The Hall–Kier alpha value is -0.550. The maximum absolute atomic E-state index is 11.4. The van der Waals surface area contributed by atoms with Gasteiger partial charge < -0.3 is 4.74 Å². The van der Waals surface area contributed by atoms with Crippen molar-refractivity contribution in [2.24, 2.45) is 0 Å². The van der Waals surface area contributed by atoms with Crippen molar-refractivity contribution in [3.05, 3.63) is 0 Å². The number of Topliss-reactive ketones (excluding diaryl/α,β-unsaturated/α-hetero) is 1. The molecule has 13 heavy (non-hydrogen) atoms. The van der Waals surface area contributed by atoms with E-state index in [1.54, 1.807) is 20.8 Å². The van der Waals surface area contributed by atoms with Crippen LogP contribution in [0.5, 0.6) is 0 Å². The van der Waals surface area contributed by atoms with Crippen LogP contribution in [0.15, 0.2) is 0 Å². The smallest absolute Gasteiger partial charge is 0.328 e. The van der Waals surface area contributed by atoms with Crippen LogP contribution in [-0.4, -0.2) is 29.1 Å². The van der Waals surface area contributed by atoms with Crippen molar-refractivity contribution in [3.63, 3.8) is 0 Å². The summed E-state index contributed by atoms with van der Waals surface area (Å²) < 4.78 is 7.83. The van der Waals surface area contributed by atoms with Gasteiger partial charge in [-0.25, -0.2) is 0 Å². The summed E-state index contributed by atoms with van der Waals surface area (Å²) >= 11 is 1.13. The Kier molecular flexibility index (Phi) is 2.98. The lowest BCUT2D eigenvalue weighted by molar-refractivity contribution is -0.155. The van der Waals surface area contributed by atoms with Gasteiger partial charge in [0.05, 0.1) is 6.54 Å². The number of ketones is 1. The molecule has 74 valence electrons. The monoisotopic (exact) mass is 203 g/mol. The predicted octanol–water partition coefficient (Wildman–Crippen LogP) is 0.517. The second-order valence-corrected chi connectivity index (χ2v) is 4.81. The van der Waals surface area contributed by atoms with Crippen LogP contribution in [0, 0.1) is 0 Å². The van der Waals surface area contributed by atoms with Gasteiger partial charge in [-0.2, -0.15) is 0 Å². The molecule has 1 fully saturated rings. The Morgan fingerprint density at radius 3 is 2.62 bits per heavy atom. The number of rotatable bonds is 1. The molecule has 0 aromatic rings. The van der Waals surface area contributed by atoms with Crippen molar-refractivity contribution in [3.8, 4) is 0 Å². The second kappa shape index (κ2) is 3.67. The first kappa shape index (κ1) is 10.5. The number of carbonyl (C=O) groups excluding carboxylic acids is 2. The van der Waals surface area contributed by atoms with E-state index < -0.39 is 16.8 Å². The van der Waals surface area contributed by atoms with E-state index in [4.69, 9.17) is 4.74 Å². The van der Waals surface area contributed by atoms with Crippen LogP contribution in [0.2, 0.25) is 0 Å². The van der Waals surface area contributed by atoms with Gasteiger partial charge in [0.25, 0.3) is 0 Å². The lowest BCUT2D eigenvalue weighted by atomic mass is 10.2. The van der Waals surface area contributed by atoms with Crippen molar-refractivity contribution in [1.82, 2.24) is 4.72 Å². The zero-order valence-electron chi connectivity index (χ0n) is 7.92. The van der Waals surface area contributed by atoms with E-state index in [0.717, 1.165) is 11.9 Å². The molecule has 1 aliphatic heterocycles. The van der Waals surface area contributed by atoms with Crippen LogP contribution in [0.4, 0.5) is 0 Å². The second-order valence-electron chi connectivity index (χ2n) is 3.82. The summed E-state index contributed by atoms with van der Waals surface area (Å²) in [5.74, 6) is -0.563. The molecule has 0 aromatic carbocycles. The van der Waals surface area contributed by atoms with E-state index in [1.807, 2.05) is 0 Å². The molecule has 1 N–H and O–H groups in total. The highest BCUT2D eigenvalue weighted by Crippen LogP contribution is 2.19. The summed E-state index contributed by atoms with van der Waals surface area (Å²) in [7, 11) is 0. The fraction of sp³-hybridized carbons (Fsp3) is 0.750. The highest BCUT2D eigenvalue weighted by Gasteiger charge is 2.35. The molecule has 1 atom stereocenters. The van der Waals surface area contributed by atoms with Crippen LogP contribution in [-0.2, 0) is 14.3 Å². The number of ether oxygens (including phenoxy) is 1. The SMILES string of the molecule is CC(C)(C)OC(=O)C1SNCC1=O. The fourth-order valence-corrected chi connectivity index (χ4v) is 1.64. The molecule has 0 radical (unpaired) electrons. The minimum Gasteiger partial charge on any atom is -0.459 e. The molecule has 0 amide bonds. The first-order chi connectivity index (χ1) is 5.90. The van der Waals surface area contributed by atoms with Crippen LogP contribution < -0.4 is 4.72 Å². The summed E-state index contributed by atoms with van der Waals surface area (Å²) in [5.41, 5.74) is -0.527. The molecule has 0 saturated carbocycles. The summed E-state index contributed by atoms with van der Waals surface area (Å²) in [5, 5.41) is -0.681. The molecule has 1 rings (SSSR count). The molecule has 1 heterocycles. The summed E-state index contributed by atoms with van der Waals surface area (Å²) in [6.07, 6.45) is 0. The molecular formula is C8H13NO3S. The maximum Gasteiger partial charge on any atom is 0.328 e. The lowest BCUT2D eigenvalue weighted by Crippen LogP contribution is -2.33. The number of carbonyl (C=O) groups is 2. The highest BCUT2D eigenvalue weighted by molar-refractivity contribution is 8.00. The van der Waals surface area contributed by atoms with Crippen LogP contribution in [0.25, 0.3) is 0 Å². The van der Waals surface area contributed by atoms with E-state index >= 15 is 0 Å². The van der Waals surface area contributed by atoms with Gasteiger partial charge in [0.15, 0.2) is 11.0 Å². The fourth-order valence-electron chi connectivity index (χ4n) is 0.889. The van der Waals surface area contributed by atoms with Gasteiger partial charge >= 0.3 is 5.97 Å². The third-order valence-electron chi connectivity index (χ3n) is 1.36. The molecule has 0 bridgehead atoms. The van der Waals surface area contributed by atoms with E-state index in [9.17, 15) is 9.59 Å². The Bertz CT molecular complexity index is 234. The molecule has 1 aliphatic rings. The van der Waals surface area contributed by atoms with E-state index in [1.165, 1.54) is 0 Å². The first-order valence-corrected chi connectivity index (χ1v) is 4.92. The summed E-state index contributed by atoms with van der Waals surface area (Å²) in [6.45, 7) is 5.59. The van der Waals surface area contributed by atoms with Gasteiger partial charge in [0.2, 0.25) is 0 Å². The number of esters is 1. The largest absolute Gasteiger partial charge is 0.459 e. The van der Waals surface area contributed by atoms with Crippen molar-refractivity contribution < 1.29 is 14.3 Å². The Morgan fingerprint density at radius 2 is 2.23 bits per heavy atom. The molecule has 5 heteroatoms. The van der Waals surface area contributed by atoms with Gasteiger partial charge in [0.1, 0.15) is 5.60 Å². The van der Waals surface area contributed by atoms with Gasteiger partial charge in [-0.1, -0.05) is 11.9 Å². The van der Waals surface area contributed by atoms with Crippen LogP contribution >= 0.6 is 11.9 Å². The molecule has 1 saturated heterocycles.